The number of amides is 1. The highest BCUT2D eigenvalue weighted by Crippen LogP contribution is 2.26. The van der Waals surface area contributed by atoms with E-state index in [2.05, 4.69) is 4.90 Å². The Balaban J connectivity index is 1.51. The Bertz CT molecular complexity index is 773. The Morgan fingerprint density at radius 2 is 2.03 bits per heavy atom. The van der Waals surface area contributed by atoms with Gasteiger partial charge in [-0.2, -0.15) is 0 Å². The molecule has 1 amide bonds. The van der Waals surface area contributed by atoms with Crippen molar-refractivity contribution >= 4 is 11.7 Å². The lowest BCUT2D eigenvalue weighted by atomic mass is 9.96. The number of allylic oxidation sites excluding steroid dienone is 1. The molecule has 2 aliphatic rings. The number of benzene rings is 1. The van der Waals surface area contributed by atoms with Crippen LogP contribution in [0.5, 0.6) is 0 Å². The van der Waals surface area contributed by atoms with Gasteiger partial charge >= 0.3 is 0 Å². The van der Waals surface area contributed by atoms with Gasteiger partial charge in [-0.15, -0.1) is 0 Å². The van der Waals surface area contributed by atoms with Crippen LogP contribution in [0.2, 0.25) is 0 Å². The summed E-state index contributed by atoms with van der Waals surface area (Å²) in [7, 11) is 1.77. The summed E-state index contributed by atoms with van der Waals surface area (Å²) in [6, 6.07) is 6.68. The first-order valence-corrected chi connectivity index (χ1v) is 10.4. The topological polar surface area (TPSA) is 49.9 Å². The summed E-state index contributed by atoms with van der Waals surface area (Å²) < 4.78 is 18.8. The molecule has 1 atom stereocenters. The molecule has 29 heavy (non-hydrogen) atoms. The summed E-state index contributed by atoms with van der Waals surface area (Å²) in [6.07, 6.45) is 4.69. The number of likely N-dealkylation sites (tertiary alicyclic amines) is 1. The molecular formula is C23H31FN2O3. The Morgan fingerprint density at radius 1 is 1.31 bits per heavy atom. The molecule has 3 rings (SSSR count). The molecule has 0 bridgehead atoms. The highest BCUT2D eigenvalue weighted by atomic mass is 19.1. The predicted octanol–water partition coefficient (Wildman–Crippen LogP) is 3.19. The van der Waals surface area contributed by atoms with E-state index in [-0.39, 0.29) is 23.3 Å². The van der Waals surface area contributed by atoms with Gasteiger partial charge in [-0.25, -0.2) is 4.39 Å². The number of ketones is 1. The minimum absolute atomic E-state index is 0.0670. The van der Waals surface area contributed by atoms with Gasteiger partial charge < -0.3 is 14.5 Å². The van der Waals surface area contributed by atoms with Gasteiger partial charge in [0.05, 0.1) is 0 Å². The molecule has 6 heteroatoms. The average molecular weight is 403 g/mol. The molecule has 1 aromatic carbocycles. The van der Waals surface area contributed by atoms with E-state index >= 15 is 0 Å². The van der Waals surface area contributed by atoms with E-state index in [0.717, 1.165) is 44.5 Å². The largest absolute Gasteiger partial charge is 0.481 e. The van der Waals surface area contributed by atoms with E-state index < -0.39 is 5.60 Å². The van der Waals surface area contributed by atoms with E-state index in [4.69, 9.17) is 4.74 Å². The average Bonchev–Trinajstić information content (AvgIpc) is 2.65. The van der Waals surface area contributed by atoms with Crippen molar-refractivity contribution < 1.29 is 18.7 Å². The van der Waals surface area contributed by atoms with Crippen molar-refractivity contribution in [1.29, 1.82) is 0 Å². The Labute approximate surface area is 172 Å². The van der Waals surface area contributed by atoms with E-state index in [1.807, 2.05) is 26.0 Å². The third-order valence-corrected chi connectivity index (χ3v) is 5.60. The van der Waals surface area contributed by atoms with E-state index in [1.54, 1.807) is 11.9 Å². The lowest BCUT2D eigenvalue weighted by Crippen LogP contribution is -2.44. The molecule has 2 aliphatic heterocycles. The highest BCUT2D eigenvalue weighted by molar-refractivity contribution is 6.01. The van der Waals surface area contributed by atoms with Gasteiger partial charge in [0, 0.05) is 39.2 Å². The van der Waals surface area contributed by atoms with Gasteiger partial charge in [0.1, 0.15) is 11.4 Å². The second kappa shape index (κ2) is 9.08. The number of carbonyl (C=O) groups is 2. The third kappa shape index (κ3) is 6.13. The summed E-state index contributed by atoms with van der Waals surface area (Å²) in [6.45, 7) is 7.20. The van der Waals surface area contributed by atoms with Crippen LogP contribution in [-0.4, -0.2) is 60.3 Å². The second-order valence-corrected chi connectivity index (χ2v) is 8.88. The Kier molecular flexibility index (Phi) is 6.73. The van der Waals surface area contributed by atoms with E-state index in [0.29, 0.717) is 18.9 Å². The fraction of sp³-hybridized carbons (Fsp3) is 0.565. The molecule has 2 heterocycles. The Morgan fingerprint density at radius 3 is 2.72 bits per heavy atom. The standard InChI is InChI=1S/C23H31FN2O3/c1-23(2)14-20(27)13-21(29-23)22(28)25(3)15-18-5-4-11-26(16-18)12-10-17-6-8-19(24)9-7-17/h6-9,13,18H,4-5,10-12,14-16H2,1-3H3/t18-/m0/s1. The number of ether oxygens (including phenoxy) is 1. The quantitative estimate of drug-likeness (QED) is 0.733. The van der Waals surface area contributed by atoms with Crippen LogP contribution in [-0.2, 0) is 20.7 Å². The monoisotopic (exact) mass is 402 g/mol. The van der Waals surface area contributed by atoms with Crippen molar-refractivity contribution in [1.82, 2.24) is 9.80 Å². The zero-order chi connectivity index (χ0) is 21.0. The molecule has 1 saturated heterocycles. The van der Waals surface area contributed by atoms with Crippen LogP contribution in [0.1, 0.15) is 38.7 Å². The zero-order valence-electron chi connectivity index (χ0n) is 17.6. The number of hydrogen-bond donors (Lipinski definition) is 0. The molecule has 5 nitrogen and oxygen atoms in total. The van der Waals surface area contributed by atoms with Crippen molar-refractivity contribution in [2.75, 3.05) is 33.2 Å². The maximum absolute atomic E-state index is 13.0. The number of rotatable bonds is 6. The molecule has 0 N–H and O–H groups in total. The van der Waals surface area contributed by atoms with Crippen LogP contribution < -0.4 is 0 Å². The molecule has 0 unspecified atom stereocenters. The predicted molar refractivity (Wildman–Crippen MR) is 110 cm³/mol. The maximum atomic E-state index is 13.0. The molecule has 0 aliphatic carbocycles. The summed E-state index contributed by atoms with van der Waals surface area (Å²) in [5.41, 5.74) is 0.495. The van der Waals surface area contributed by atoms with Crippen LogP contribution >= 0.6 is 0 Å². The number of carbonyl (C=O) groups excluding carboxylic acids is 2. The molecule has 1 aromatic rings. The number of halogens is 1. The van der Waals surface area contributed by atoms with Crippen molar-refractivity contribution in [3.63, 3.8) is 0 Å². The summed E-state index contributed by atoms with van der Waals surface area (Å²) in [4.78, 5) is 28.8. The molecule has 0 radical (unpaired) electrons. The minimum atomic E-state index is -0.639. The third-order valence-electron chi connectivity index (χ3n) is 5.60. The van der Waals surface area contributed by atoms with Gasteiger partial charge in [0.25, 0.3) is 5.91 Å². The number of likely N-dealkylation sites (N-methyl/N-ethyl adjacent to an activating group) is 1. The zero-order valence-corrected chi connectivity index (χ0v) is 17.6. The summed E-state index contributed by atoms with van der Waals surface area (Å²) >= 11 is 0. The SMILES string of the molecule is CN(C[C@@H]1CCCN(CCc2ccc(F)cc2)C1)C(=O)C1=CC(=O)CC(C)(C)O1. The van der Waals surface area contributed by atoms with Crippen molar-refractivity contribution in [3.8, 4) is 0 Å². The summed E-state index contributed by atoms with van der Waals surface area (Å²) in [5.74, 6) is 0.0374. The number of hydrogen-bond acceptors (Lipinski definition) is 4. The normalized spacial score (nSPS) is 22.0. The van der Waals surface area contributed by atoms with E-state index in [9.17, 15) is 14.0 Å². The van der Waals surface area contributed by atoms with E-state index in [1.165, 1.54) is 18.2 Å². The van der Waals surface area contributed by atoms with Crippen LogP contribution in [0.25, 0.3) is 0 Å². The second-order valence-electron chi connectivity index (χ2n) is 8.88. The number of piperidine rings is 1. The fourth-order valence-electron chi connectivity index (χ4n) is 4.19. The molecular weight excluding hydrogens is 371 g/mol. The van der Waals surface area contributed by atoms with Gasteiger partial charge in [-0.1, -0.05) is 12.1 Å². The lowest BCUT2D eigenvalue weighted by molar-refractivity contribution is -0.137. The van der Waals surface area contributed by atoms with Crippen molar-refractivity contribution in [2.45, 2.75) is 45.1 Å². The minimum Gasteiger partial charge on any atom is -0.481 e. The molecule has 0 aromatic heterocycles. The number of nitrogens with zero attached hydrogens (tertiary/aromatic N) is 2. The first kappa shape index (κ1) is 21.5. The first-order valence-electron chi connectivity index (χ1n) is 10.4. The van der Waals surface area contributed by atoms with Crippen LogP contribution in [0.3, 0.4) is 0 Å². The van der Waals surface area contributed by atoms with Gasteiger partial charge in [0.2, 0.25) is 0 Å². The van der Waals surface area contributed by atoms with Gasteiger partial charge in [-0.05, 0) is 63.3 Å². The summed E-state index contributed by atoms with van der Waals surface area (Å²) in [5, 5.41) is 0. The van der Waals surface area contributed by atoms with Gasteiger partial charge in [-0.3, -0.25) is 9.59 Å². The smallest absolute Gasteiger partial charge is 0.288 e. The van der Waals surface area contributed by atoms with Crippen LogP contribution in [0.15, 0.2) is 36.1 Å². The maximum Gasteiger partial charge on any atom is 0.288 e. The first-order chi connectivity index (χ1) is 13.7. The molecule has 158 valence electrons. The van der Waals surface area contributed by atoms with Crippen molar-refractivity contribution in [3.05, 3.63) is 47.5 Å². The highest BCUT2D eigenvalue weighted by Gasteiger charge is 2.33. The van der Waals surface area contributed by atoms with Crippen LogP contribution in [0, 0.1) is 11.7 Å². The molecule has 0 spiro atoms. The van der Waals surface area contributed by atoms with Crippen LogP contribution in [0.4, 0.5) is 4.39 Å². The Hall–Kier alpha value is -2.21. The molecule has 1 fully saturated rings. The fourth-order valence-corrected chi connectivity index (χ4v) is 4.19. The lowest BCUT2D eigenvalue weighted by Gasteiger charge is -2.36. The van der Waals surface area contributed by atoms with Gasteiger partial charge in [0.15, 0.2) is 11.5 Å². The molecule has 0 saturated carbocycles. The van der Waals surface area contributed by atoms with Crippen molar-refractivity contribution in [2.24, 2.45) is 5.92 Å².